The Hall–Kier alpha value is -3.08. The minimum Gasteiger partial charge on any atom is -0.493 e. The number of nitrogens with zero attached hydrogens (tertiary/aromatic N) is 1. The topological polar surface area (TPSA) is 60.3 Å². The molecule has 1 atom stereocenters. The van der Waals surface area contributed by atoms with Crippen LogP contribution in [0.2, 0.25) is 0 Å². The number of carbonyl (C=O) groups is 1. The lowest BCUT2D eigenvalue weighted by Crippen LogP contribution is -2.36. The van der Waals surface area contributed by atoms with E-state index >= 15 is 0 Å². The van der Waals surface area contributed by atoms with Crippen molar-refractivity contribution >= 4 is 16.8 Å². The Kier molecular flexibility index (Phi) is 4.44. The summed E-state index contributed by atoms with van der Waals surface area (Å²) in [5, 5.41) is 3.62. The average molecular weight is 348 g/mol. The van der Waals surface area contributed by atoms with Crippen molar-refractivity contribution in [3.05, 3.63) is 76.6 Å². The number of ether oxygens (including phenoxy) is 1. The van der Waals surface area contributed by atoms with E-state index in [1.54, 1.807) is 16.8 Å². The molecule has 5 heteroatoms. The van der Waals surface area contributed by atoms with Gasteiger partial charge in [-0.2, -0.15) is 0 Å². The predicted octanol–water partition coefficient (Wildman–Crippen LogP) is 2.37. The smallest absolute Gasteiger partial charge is 0.239 e. The van der Waals surface area contributed by atoms with Crippen LogP contribution in [0.3, 0.4) is 0 Å². The van der Waals surface area contributed by atoms with Crippen molar-refractivity contribution < 1.29 is 9.53 Å². The first-order valence-corrected chi connectivity index (χ1v) is 8.76. The molecule has 132 valence electrons. The van der Waals surface area contributed by atoms with Gasteiger partial charge in [-0.1, -0.05) is 30.3 Å². The van der Waals surface area contributed by atoms with Gasteiger partial charge in [0.1, 0.15) is 12.3 Å². The van der Waals surface area contributed by atoms with Crippen molar-refractivity contribution in [2.45, 2.75) is 13.0 Å². The van der Waals surface area contributed by atoms with Crippen LogP contribution < -0.4 is 15.5 Å². The fraction of sp³-hybridized carbons (Fsp3) is 0.238. The molecule has 1 aromatic heterocycles. The number of amides is 1. The highest BCUT2D eigenvalue weighted by atomic mass is 16.5. The minimum atomic E-state index is -0.0716. The molecule has 0 bridgehead atoms. The van der Waals surface area contributed by atoms with Crippen LogP contribution in [0.1, 0.15) is 5.56 Å². The number of benzene rings is 2. The van der Waals surface area contributed by atoms with E-state index in [1.165, 1.54) is 11.6 Å². The highest BCUT2D eigenvalue weighted by molar-refractivity contribution is 5.82. The van der Waals surface area contributed by atoms with Crippen LogP contribution in [-0.4, -0.2) is 23.6 Å². The Morgan fingerprint density at radius 1 is 1.12 bits per heavy atom. The summed E-state index contributed by atoms with van der Waals surface area (Å²) in [7, 11) is 0. The lowest BCUT2D eigenvalue weighted by Gasteiger charge is -2.25. The summed E-state index contributed by atoms with van der Waals surface area (Å²) >= 11 is 0. The van der Waals surface area contributed by atoms with Crippen molar-refractivity contribution in [3.8, 4) is 5.75 Å². The number of nitrogens with one attached hydrogen (secondary N) is 1. The Bertz CT molecular complexity index is 1010. The van der Waals surface area contributed by atoms with Gasteiger partial charge in [0.05, 0.1) is 12.1 Å². The molecule has 0 unspecified atom stereocenters. The van der Waals surface area contributed by atoms with E-state index in [0.717, 1.165) is 17.7 Å². The standard InChI is InChI=1S/C21H20N2O3/c24-19-9-10-23(18-7-3-2-6-17(18)19)13-21(25)22-12-15-11-16-5-1-4-8-20(16)26-14-15/h1-10,15H,11-14H2,(H,22,25)/t15-/m1/s1. The molecule has 3 aromatic rings. The fourth-order valence-electron chi connectivity index (χ4n) is 3.39. The SMILES string of the molecule is O=C(Cn1ccc(=O)c2ccccc21)NC[C@@H]1COc2ccccc2C1. The molecular formula is C21H20N2O3. The lowest BCUT2D eigenvalue weighted by atomic mass is 9.97. The molecule has 26 heavy (non-hydrogen) atoms. The Morgan fingerprint density at radius 3 is 2.85 bits per heavy atom. The van der Waals surface area contributed by atoms with E-state index in [2.05, 4.69) is 11.4 Å². The van der Waals surface area contributed by atoms with Crippen molar-refractivity contribution in [3.63, 3.8) is 0 Å². The Morgan fingerprint density at radius 2 is 1.92 bits per heavy atom. The maximum Gasteiger partial charge on any atom is 0.239 e. The molecule has 0 aliphatic carbocycles. The second kappa shape index (κ2) is 7.04. The first kappa shape index (κ1) is 16.4. The van der Waals surface area contributed by atoms with Crippen LogP contribution in [0.15, 0.2) is 65.6 Å². The van der Waals surface area contributed by atoms with Crippen molar-refractivity contribution in [1.82, 2.24) is 9.88 Å². The molecule has 2 heterocycles. The normalized spacial score (nSPS) is 15.9. The lowest BCUT2D eigenvalue weighted by molar-refractivity contribution is -0.121. The monoisotopic (exact) mass is 348 g/mol. The second-order valence-electron chi connectivity index (χ2n) is 6.62. The summed E-state index contributed by atoms with van der Waals surface area (Å²) in [5.74, 6) is 1.13. The molecular weight excluding hydrogens is 328 g/mol. The molecule has 0 radical (unpaired) electrons. The highest BCUT2D eigenvalue weighted by Gasteiger charge is 2.20. The zero-order chi connectivity index (χ0) is 17.9. The van der Waals surface area contributed by atoms with E-state index in [4.69, 9.17) is 4.74 Å². The van der Waals surface area contributed by atoms with Crippen molar-refractivity contribution in [2.75, 3.05) is 13.2 Å². The van der Waals surface area contributed by atoms with E-state index in [9.17, 15) is 9.59 Å². The molecule has 1 N–H and O–H groups in total. The van der Waals surface area contributed by atoms with Crippen molar-refractivity contribution in [2.24, 2.45) is 5.92 Å². The largest absolute Gasteiger partial charge is 0.493 e. The fourth-order valence-corrected chi connectivity index (χ4v) is 3.39. The van der Waals surface area contributed by atoms with E-state index in [-0.39, 0.29) is 23.8 Å². The van der Waals surface area contributed by atoms with E-state index in [0.29, 0.717) is 18.5 Å². The number of hydrogen-bond acceptors (Lipinski definition) is 3. The molecule has 4 rings (SSSR count). The summed E-state index contributed by atoms with van der Waals surface area (Å²) in [6.45, 7) is 1.37. The summed E-state index contributed by atoms with van der Waals surface area (Å²) in [6, 6.07) is 16.9. The third-order valence-corrected chi connectivity index (χ3v) is 4.74. The minimum absolute atomic E-state index is 0.0322. The van der Waals surface area contributed by atoms with Gasteiger partial charge in [0.25, 0.3) is 0 Å². The number of fused-ring (bicyclic) bond motifs is 2. The maximum atomic E-state index is 12.4. The predicted molar refractivity (Wildman–Crippen MR) is 100 cm³/mol. The molecule has 0 fully saturated rings. The summed E-state index contributed by atoms with van der Waals surface area (Å²) in [5.41, 5.74) is 1.92. The van der Waals surface area contributed by atoms with Gasteiger partial charge in [0, 0.05) is 30.1 Å². The number of aromatic nitrogens is 1. The summed E-state index contributed by atoms with van der Waals surface area (Å²) in [6.07, 6.45) is 2.57. The number of para-hydroxylation sites is 2. The molecule has 0 saturated heterocycles. The molecule has 5 nitrogen and oxygen atoms in total. The molecule has 0 saturated carbocycles. The average Bonchev–Trinajstić information content (AvgIpc) is 2.68. The van der Waals surface area contributed by atoms with Crippen LogP contribution >= 0.6 is 0 Å². The Balaban J connectivity index is 1.40. The number of rotatable bonds is 4. The van der Waals surface area contributed by atoms with Gasteiger partial charge < -0.3 is 14.6 Å². The highest BCUT2D eigenvalue weighted by Crippen LogP contribution is 2.26. The van der Waals surface area contributed by atoms with Crippen LogP contribution in [0, 0.1) is 5.92 Å². The third-order valence-electron chi connectivity index (χ3n) is 4.74. The van der Waals surface area contributed by atoms with Gasteiger partial charge in [-0.25, -0.2) is 0 Å². The van der Waals surface area contributed by atoms with Gasteiger partial charge in [-0.15, -0.1) is 0 Å². The van der Waals surface area contributed by atoms with Crippen LogP contribution in [0.25, 0.3) is 10.9 Å². The molecule has 1 aliphatic heterocycles. The van der Waals surface area contributed by atoms with Gasteiger partial charge in [0.2, 0.25) is 5.91 Å². The number of pyridine rings is 1. The van der Waals surface area contributed by atoms with Crippen LogP contribution in [-0.2, 0) is 17.8 Å². The summed E-state index contributed by atoms with van der Waals surface area (Å²) < 4.78 is 7.57. The molecule has 0 spiro atoms. The van der Waals surface area contributed by atoms with Gasteiger partial charge in [0.15, 0.2) is 5.43 Å². The number of hydrogen-bond donors (Lipinski definition) is 1. The zero-order valence-corrected chi connectivity index (χ0v) is 14.4. The van der Waals surface area contributed by atoms with E-state index < -0.39 is 0 Å². The van der Waals surface area contributed by atoms with Crippen molar-refractivity contribution in [1.29, 1.82) is 0 Å². The zero-order valence-electron chi connectivity index (χ0n) is 14.4. The molecule has 2 aromatic carbocycles. The number of carbonyl (C=O) groups excluding carboxylic acids is 1. The van der Waals surface area contributed by atoms with Crippen LogP contribution in [0.5, 0.6) is 5.75 Å². The first-order valence-electron chi connectivity index (χ1n) is 8.76. The maximum absolute atomic E-state index is 12.4. The molecule has 1 amide bonds. The summed E-state index contributed by atoms with van der Waals surface area (Å²) in [4.78, 5) is 24.3. The van der Waals surface area contributed by atoms with Crippen LogP contribution in [0.4, 0.5) is 0 Å². The van der Waals surface area contributed by atoms with Gasteiger partial charge in [-0.05, 0) is 30.2 Å². The van der Waals surface area contributed by atoms with E-state index in [1.807, 2.05) is 36.4 Å². The van der Waals surface area contributed by atoms with Gasteiger partial charge >= 0.3 is 0 Å². The quantitative estimate of drug-likeness (QED) is 0.787. The second-order valence-corrected chi connectivity index (χ2v) is 6.62. The first-order chi connectivity index (χ1) is 12.7. The van der Waals surface area contributed by atoms with Gasteiger partial charge in [-0.3, -0.25) is 9.59 Å². The Labute approximate surface area is 151 Å². The third kappa shape index (κ3) is 3.33. The molecule has 1 aliphatic rings.